The largest absolute Gasteiger partial charge is 0.313 e. The van der Waals surface area contributed by atoms with Crippen molar-refractivity contribution in [3.63, 3.8) is 0 Å². The Bertz CT molecular complexity index is 412. The van der Waals surface area contributed by atoms with E-state index in [9.17, 15) is 0 Å². The van der Waals surface area contributed by atoms with Crippen LogP contribution in [0.25, 0.3) is 0 Å². The summed E-state index contributed by atoms with van der Waals surface area (Å²) in [5.74, 6) is 3.07. The molecule has 4 heteroatoms. The molecule has 0 aromatic carbocycles. The monoisotopic (exact) mass is 263 g/mol. The molecule has 98 valence electrons. The molecule has 1 aliphatic heterocycles. The Morgan fingerprint density at radius 1 is 1.39 bits per heavy atom. The fourth-order valence-electron chi connectivity index (χ4n) is 2.48. The molecule has 1 saturated heterocycles. The van der Waals surface area contributed by atoms with Crippen LogP contribution in [0.2, 0.25) is 0 Å². The number of rotatable bonds is 5. The highest BCUT2D eigenvalue weighted by Gasteiger charge is 2.29. The SMILES string of the molecule is CCNCc1cnc(C2CCCS2)nc1C1CC1. The Kier molecular flexibility index (Phi) is 3.85. The smallest absolute Gasteiger partial charge is 0.141 e. The lowest BCUT2D eigenvalue weighted by Gasteiger charge is -2.12. The zero-order chi connectivity index (χ0) is 12.4. The number of hydrogen-bond acceptors (Lipinski definition) is 4. The van der Waals surface area contributed by atoms with Crippen LogP contribution in [0.5, 0.6) is 0 Å². The highest BCUT2D eigenvalue weighted by Crippen LogP contribution is 2.43. The predicted octanol–water partition coefficient (Wildman–Crippen LogP) is 3.03. The minimum Gasteiger partial charge on any atom is -0.313 e. The molecule has 3 rings (SSSR count). The molecule has 2 aliphatic rings. The van der Waals surface area contributed by atoms with Gasteiger partial charge >= 0.3 is 0 Å². The molecule has 1 aliphatic carbocycles. The second-order valence-electron chi connectivity index (χ2n) is 5.19. The molecule has 0 bridgehead atoms. The maximum absolute atomic E-state index is 4.90. The minimum absolute atomic E-state index is 0.552. The van der Waals surface area contributed by atoms with E-state index in [1.807, 2.05) is 11.8 Å². The van der Waals surface area contributed by atoms with Crippen molar-refractivity contribution in [3.05, 3.63) is 23.3 Å². The molecular formula is C14H21N3S. The van der Waals surface area contributed by atoms with Gasteiger partial charge in [0.25, 0.3) is 0 Å². The quantitative estimate of drug-likeness (QED) is 0.886. The molecule has 1 aromatic rings. The molecule has 1 N–H and O–H groups in total. The first kappa shape index (κ1) is 12.4. The van der Waals surface area contributed by atoms with E-state index in [1.165, 1.54) is 42.7 Å². The number of aromatic nitrogens is 2. The summed E-state index contributed by atoms with van der Waals surface area (Å²) >= 11 is 2.02. The van der Waals surface area contributed by atoms with Crippen molar-refractivity contribution in [3.8, 4) is 0 Å². The van der Waals surface area contributed by atoms with Crippen LogP contribution >= 0.6 is 11.8 Å². The van der Waals surface area contributed by atoms with Crippen LogP contribution in [-0.2, 0) is 6.54 Å². The van der Waals surface area contributed by atoms with Crippen LogP contribution in [-0.4, -0.2) is 22.3 Å². The van der Waals surface area contributed by atoms with Crippen LogP contribution in [0.4, 0.5) is 0 Å². The third kappa shape index (κ3) is 2.69. The van der Waals surface area contributed by atoms with Crippen LogP contribution < -0.4 is 5.32 Å². The Morgan fingerprint density at radius 2 is 2.28 bits per heavy atom. The first-order chi connectivity index (χ1) is 8.88. The lowest BCUT2D eigenvalue weighted by Crippen LogP contribution is -2.15. The van der Waals surface area contributed by atoms with Gasteiger partial charge in [-0.2, -0.15) is 11.8 Å². The first-order valence-corrected chi connectivity index (χ1v) is 8.11. The van der Waals surface area contributed by atoms with Crippen molar-refractivity contribution >= 4 is 11.8 Å². The third-order valence-electron chi connectivity index (χ3n) is 3.66. The predicted molar refractivity (Wildman–Crippen MR) is 75.8 cm³/mol. The first-order valence-electron chi connectivity index (χ1n) is 7.06. The van der Waals surface area contributed by atoms with E-state index in [-0.39, 0.29) is 0 Å². The summed E-state index contributed by atoms with van der Waals surface area (Å²) in [4.78, 5) is 9.51. The summed E-state index contributed by atoms with van der Waals surface area (Å²) in [7, 11) is 0. The zero-order valence-electron chi connectivity index (χ0n) is 11.0. The van der Waals surface area contributed by atoms with Crippen LogP contribution in [0, 0.1) is 0 Å². The van der Waals surface area contributed by atoms with Gasteiger partial charge in [-0.15, -0.1) is 0 Å². The fraction of sp³-hybridized carbons (Fsp3) is 0.714. The zero-order valence-corrected chi connectivity index (χ0v) is 11.8. The standard InChI is InChI=1S/C14H21N3S/c1-2-15-8-11-9-16-14(12-4-3-7-18-12)17-13(11)10-5-6-10/h9-10,12,15H,2-8H2,1H3. The van der Waals surface area contributed by atoms with Gasteiger partial charge in [-0.05, 0) is 38.0 Å². The lowest BCUT2D eigenvalue weighted by molar-refractivity contribution is 0.697. The molecular weight excluding hydrogens is 242 g/mol. The maximum atomic E-state index is 4.90. The number of nitrogens with one attached hydrogen (secondary N) is 1. The van der Waals surface area contributed by atoms with Crippen molar-refractivity contribution < 1.29 is 0 Å². The fourth-order valence-corrected chi connectivity index (χ4v) is 3.69. The Labute approximate surface area is 113 Å². The Balaban J connectivity index is 1.82. The number of nitrogens with zero attached hydrogens (tertiary/aromatic N) is 2. The molecule has 0 radical (unpaired) electrons. The van der Waals surface area contributed by atoms with E-state index in [2.05, 4.69) is 23.4 Å². The lowest BCUT2D eigenvalue weighted by atomic mass is 10.1. The van der Waals surface area contributed by atoms with Gasteiger partial charge in [-0.25, -0.2) is 9.97 Å². The highest BCUT2D eigenvalue weighted by atomic mass is 32.2. The van der Waals surface area contributed by atoms with Crippen LogP contribution in [0.1, 0.15) is 60.9 Å². The molecule has 0 spiro atoms. The molecule has 3 nitrogen and oxygen atoms in total. The molecule has 2 fully saturated rings. The third-order valence-corrected chi connectivity index (χ3v) is 5.04. The average molecular weight is 263 g/mol. The maximum Gasteiger partial charge on any atom is 0.141 e. The molecule has 2 heterocycles. The van der Waals surface area contributed by atoms with Gasteiger partial charge in [0.2, 0.25) is 0 Å². The van der Waals surface area contributed by atoms with E-state index in [4.69, 9.17) is 4.98 Å². The summed E-state index contributed by atoms with van der Waals surface area (Å²) in [6, 6.07) is 0. The van der Waals surface area contributed by atoms with Gasteiger partial charge in [-0.1, -0.05) is 6.92 Å². The van der Waals surface area contributed by atoms with Crippen molar-refractivity contribution in [2.24, 2.45) is 0 Å². The van der Waals surface area contributed by atoms with Gasteiger partial charge < -0.3 is 5.32 Å². The van der Waals surface area contributed by atoms with Gasteiger partial charge in [0.05, 0.1) is 10.9 Å². The van der Waals surface area contributed by atoms with Gasteiger partial charge in [0.1, 0.15) is 5.82 Å². The Hall–Kier alpha value is -0.610. The summed E-state index contributed by atoms with van der Waals surface area (Å²) in [5.41, 5.74) is 2.64. The van der Waals surface area contributed by atoms with Crippen molar-refractivity contribution in [1.82, 2.24) is 15.3 Å². The normalized spacial score (nSPS) is 23.5. The molecule has 1 atom stereocenters. The van der Waals surface area contributed by atoms with E-state index in [1.54, 1.807) is 0 Å². The summed E-state index contributed by atoms with van der Waals surface area (Å²) in [6.45, 7) is 4.06. The molecule has 1 saturated carbocycles. The van der Waals surface area contributed by atoms with Crippen molar-refractivity contribution in [1.29, 1.82) is 0 Å². The highest BCUT2D eigenvalue weighted by molar-refractivity contribution is 7.99. The van der Waals surface area contributed by atoms with Crippen molar-refractivity contribution in [2.45, 2.75) is 50.3 Å². The minimum atomic E-state index is 0.552. The van der Waals surface area contributed by atoms with Gasteiger partial charge in [-0.3, -0.25) is 0 Å². The van der Waals surface area contributed by atoms with Crippen molar-refractivity contribution in [2.75, 3.05) is 12.3 Å². The topological polar surface area (TPSA) is 37.8 Å². The summed E-state index contributed by atoms with van der Waals surface area (Å²) < 4.78 is 0. The van der Waals surface area contributed by atoms with E-state index < -0.39 is 0 Å². The average Bonchev–Trinajstić information content (AvgIpc) is 3.11. The van der Waals surface area contributed by atoms with E-state index in [0.29, 0.717) is 11.2 Å². The van der Waals surface area contributed by atoms with E-state index >= 15 is 0 Å². The van der Waals surface area contributed by atoms with Gasteiger partial charge in [0, 0.05) is 24.2 Å². The number of thioether (sulfide) groups is 1. The van der Waals surface area contributed by atoms with Crippen LogP contribution in [0.15, 0.2) is 6.20 Å². The molecule has 0 amide bonds. The molecule has 18 heavy (non-hydrogen) atoms. The second-order valence-corrected chi connectivity index (χ2v) is 6.51. The number of hydrogen-bond donors (Lipinski definition) is 1. The van der Waals surface area contributed by atoms with Gasteiger partial charge in [0.15, 0.2) is 0 Å². The Morgan fingerprint density at radius 3 is 2.94 bits per heavy atom. The summed E-state index contributed by atoms with van der Waals surface area (Å²) in [5, 5.41) is 3.94. The molecule has 1 unspecified atom stereocenters. The summed E-state index contributed by atoms with van der Waals surface area (Å²) in [6.07, 6.45) is 7.26. The van der Waals surface area contributed by atoms with Crippen LogP contribution in [0.3, 0.4) is 0 Å². The molecule has 1 aromatic heterocycles. The second kappa shape index (κ2) is 5.57. The van der Waals surface area contributed by atoms with E-state index in [0.717, 1.165) is 18.9 Å².